The third-order valence-electron chi connectivity index (χ3n) is 3.90. The van der Waals surface area contributed by atoms with E-state index in [1.165, 1.54) is 6.07 Å². The van der Waals surface area contributed by atoms with Gasteiger partial charge in [-0.05, 0) is 20.5 Å². The third kappa shape index (κ3) is 8.46. The van der Waals surface area contributed by atoms with E-state index in [1.807, 2.05) is 25.9 Å². The number of nitro groups is 1. The number of anilines is 2. The van der Waals surface area contributed by atoms with Crippen molar-refractivity contribution < 1.29 is 28.0 Å². The summed E-state index contributed by atoms with van der Waals surface area (Å²) in [5, 5.41) is 13.9. The van der Waals surface area contributed by atoms with Crippen LogP contribution in [0.25, 0.3) is 0 Å². The van der Waals surface area contributed by atoms with Gasteiger partial charge in [-0.15, -0.1) is 0 Å². The fraction of sp³-hybridized carbons (Fsp3) is 0.611. The predicted molar refractivity (Wildman–Crippen MR) is 106 cm³/mol. The van der Waals surface area contributed by atoms with Crippen molar-refractivity contribution in [3.8, 4) is 5.75 Å². The van der Waals surface area contributed by atoms with Gasteiger partial charge in [-0.25, -0.2) is 13.6 Å². The SMILES string of the molecule is CCCCOC(=O)Nc1cc([N+](=O)[O-])c(N(C)CCN(C)C)cc1OCC(F)F. The number of hydrogen-bond acceptors (Lipinski definition) is 7. The van der Waals surface area contributed by atoms with Crippen LogP contribution in [0.5, 0.6) is 5.75 Å². The van der Waals surface area contributed by atoms with Crippen molar-refractivity contribution in [3.63, 3.8) is 0 Å². The van der Waals surface area contributed by atoms with Crippen LogP contribution in [-0.4, -0.2) is 69.8 Å². The standard InChI is InChI=1S/C18H28F2N4O5/c1-5-6-9-28-18(25)21-13-10-15(24(26)27)14(23(4)8-7-22(2)3)11-16(13)29-12-17(19)20/h10-11,17H,5-9,12H2,1-4H3,(H,21,25). The van der Waals surface area contributed by atoms with Crippen LogP contribution in [-0.2, 0) is 4.74 Å². The fourth-order valence-corrected chi connectivity index (χ4v) is 2.31. The highest BCUT2D eigenvalue weighted by Gasteiger charge is 2.24. The van der Waals surface area contributed by atoms with Crippen molar-refractivity contribution in [1.29, 1.82) is 0 Å². The van der Waals surface area contributed by atoms with E-state index in [1.54, 1.807) is 11.9 Å². The van der Waals surface area contributed by atoms with E-state index < -0.39 is 24.0 Å². The molecule has 0 aromatic heterocycles. The second kappa shape index (κ2) is 12.0. The van der Waals surface area contributed by atoms with Crippen molar-refractivity contribution in [3.05, 3.63) is 22.2 Å². The minimum Gasteiger partial charge on any atom is -0.485 e. The Labute approximate surface area is 168 Å². The summed E-state index contributed by atoms with van der Waals surface area (Å²) in [6, 6.07) is 2.36. The second-order valence-corrected chi connectivity index (χ2v) is 6.64. The lowest BCUT2D eigenvalue weighted by Gasteiger charge is -2.23. The Hall–Kier alpha value is -2.69. The molecule has 11 heteroatoms. The van der Waals surface area contributed by atoms with Gasteiger partial charge in [0.25, 0.3) is 12.1 Å². The van der Waals surface area contributed by atoms with Crippen LogP contribution in [0.4, 0.5) is 30.6 Å². The lowest BCUT2D eigenvalue weighted by Crippen LogP contribution is -2.29. The number of carbonyl (C=O) groups is 1. The first-order valence-corrected chi connectivity index (χ1v) is 9.18. The number of nitrogens with one attached hydrogen (secondary N) is 1. The largest absolute Gasteiger partial charge is 0.485 e. The molecule has 1 N–H and O–H groups in total. The molecule has 1 amide bonds. The summed E-state index contributed by atoms with van der Waals surface area (Å²) in [5.41, 5.74) is -0.214. The highest BCUT2D eigenvalue weighted by atomic mass is 19.3. The number of halogens is 2. The van der Waals surface area contributed by atoms with E-state index >= 15 is 0 Å². The zero-order valence-corrected chi connectivity index (χ0v) is 17.1. The van der Waals surface area contributed by atoms with E-state index in [9.17, 15) is 23.7 Å². The van der Waals surface area contributed by atoms with Crippen molar-refractivity contribution in [2.24, 2.45) is 0 Å². The van der Waals surface area contributed by atoms with Gasteiger partial charge in [0.2, 0.25) is 0 Å². The molecule has 0 atom stereocenters. The first-order valence-electron chi connectivity index (χ1n) is 9.18. The number of carbonyl (C=O) groups excluding carboxylic acids is 1. The van der Waals surface area contributed by atoms with E-state index in [2.05, 4.69) is 5.32 Å². The van der Waals surface area contributed by atoms with Gasteiger partial charge in [-0.3, -0.25) is 15.4 Å². The van der Waals surface area contributed by atoms with Gasteiger partial charge in [0.1, 0.15) is 18.0 Å². The summed E-state index contributed by atoms with van der Waals surface area (Å²) in [6.45, 7) is 2.24. The number of rotatable bonds is 12. The molecule has 0 radical (unpaired) electrons. The monoisotopic (exact) mass is 418 g/mol. The summed E-state index contributed by atoms with van der Waals surface area (Å²) in [7, 11) is 5.36. The maximum absolute atomic E-state index is 12.6. The lowest BCUT2D eigenvalue weighted by molar-refractivity contribution is -0.384. The summed E-state index contributed by atoms with van der Waals surface area (Å²) in [5.74, 6) is -0.102. The number of alkyl halides is 2. The van der Waals surface area contributed by atoms with E-state index in [0.717, 1.165) is 12.5 Å². The van der Waals surface area contributed by atoms with Crippen LogP contribution in [0.2, 0.25) is 0 Å². The molecule has 0 fully saturated rings. The number of ether oxygens (including phenoxy) is 2. The summed E-state index contributed by atoms with van der Waals surface area (Å²) in [4.78, 5) is 26.4. The number of benzene rings is 1. The van der Waals surface area contributed by atoms with Crippen molar-refractivity contribution in [2.45, 2.75) is 26.2 Å². The fourth-order valence-electron chi connectivity index (χ4n) is 2.31. The summed E-state index contributed by atoms with van der Waals surface area (Å²) in [6.07, 6.45) is -2.12. The third-order valence-corrected chi connectivity index (χ3v) is 3.90. The Balaban J connectivity index is 3.21. The van der Waals surface area contributed by atoms with E-state index in [4.69, 9.17) is 9.47 Å². The molecule has 0 saturated carbocycles. The molecule has 1 aromatic carbocycles. The first kappa shape index (κ1) is 24.3. The molecular formula is C18H28F2N4O5. The Morgan fingerprint density at radius 1 is 1.28 bits per heavy atom. The molecule has 0 heterocycles. The van der Waals surface area contributed by atoms with Gasteiger partial charge in [0.05, 0.1) is 17.2 Å². The molecule has 0 aliphatic carbocycles. The van der Waals surface area contributed by atoms with Crippen LogP contribution < -0.4 is 15.0 Å². The van der Waals surface area contributed by atoms with E-state index in [-0.39, 0.29) is 29.4 Å². The predicted octanol–water partition coefficient (Wildman–Crippen LogP) is 3.59. The number of likely N-dealkylation sites (N-methyl/N-ethyl adjacent to an activating group) is 2. The van der Waals surface area contributed by atoms with Crippen molar-refractivity contribution in [1.82, 2.24) is 4.90 Å². The Kier molecular flexibility index (Phi) is 10.1. The zero-order chi connectivity index (χ0) is 22.0. The van der Waals surface area contributed by atoms with Gasteiger partial charge >= 0.3 is 6.09 Å². The zero-order valence-electron chi connectivity index (χ0n) is 17.1. The molecule has 0 spiro atoms. The second-order valence-electron chi connectivity index (χ2n) is 6.64. The van der Waals surface area contributed by atoms with Gasteiger partial charge in [-0.2, -0.15) is 0 Å². The Morgan fingerprint density at radius 2 is 1.97 bits per heavy atom. The number of nitro benzene ring substituents is 1. The smallest absolute Gasteiger partial charge is 0.411 e. The summed E-state index contributed by atoms with van der Waals surface area (Å²) < 4.78 is 35.3. The van der Waals surface area contributed by atoms with Gasteiger partial charge < -0.3 is 19.3 Å². The molecule has 0 aliphatic rings. The highest BCUT2D eigenvalue weighted by molar-refractivity contribution is 5.89. The van der Waals surface area contributed by atoms with Crippen molar-refractivity contribution in [2.75, 3.05) is 57.7 Å². The summed E-state index contributed by atoms with van der Waals surface area (Å²) >= 11 is 0. The van der Waals surface area contributed by atoms with Gasteiger partial charge in [0, 0.05) is 32.3 Å². The quantitative estimate of drug-likeness (QED) is 0.315. The van der Waals surface area contributed by atoms with E-state index in [0.29, 0.717) is 19.5 Å². The maximum Gasteiger partial charge on any atom is 0.411 e. The lowest BCUT2D eigenvalue weighted by atomic mass is 10.2. The average molecular weight is 418 g/mol. The number of unbranched alkanes of at least 4 members (excludes halogenated alkanes) is 1. The Bertz CT molecular complexity index is 688. The molecule has 0 saturated heterocycles. The normalized spacial score (nSPS) is 10.9. The molecule has 9 nitrogen and oxygen atoms in total. The molecule has 1 rings (SSSR count). The van der Waals surface area contributed by atoms with Crippen LogP contribution in [0.3, 0.4) is 0 Å². The number of nitrogens with zero attached hydrogens (tertiary/aromatic N) is 3. The first-order chi connectivity index (χ1) is 13.6. The average Bonchev–Trinajstić information content (AvgIpc) is 2.64. The number of amides is 1. The van der Waals surface area contributed by atoms with Crippen molar-refractivity contribution >= 4 is 23.2 Å². The van der Waals surface area contributed by atoms with Gasteiger partial charge in [-0.1, -0.05) is 13.3 Å². The molecule has 0 aliphatic heterocycles. The molecule has 164 valence electrons. The molecule has 0 unspecified atom stereocenters. The molecule has 1 aromatic rings. The van der Waals surface area contributed by atoms with Crippen LogP contribution in [0.15, 0.2) is 12.1 Å². The topological polar surface area (TPSA) is 97.2 Å². The number of hydrogen-bond donors (Lipinski definition) is 1. The molecule has 0 bridgehead atoms. The minimum absolute atomic E-state index is 0.102. The highest BCUT2D eigenvalue weighted by Crippen LogP contribution is 2.38. The molecular weight excluding hydrogens is 390 g/mol. The maximum atomic E-state index is 12.6. The van der Waals surface area contributed by atoms with Gasteiger partial charge in [0.15, 0.2) is 0 Å². The minimum atomic E-state index is -2.75. The Morgan fingerprint density at radius 3 is 2.52 bits per heavy atom. The van der Waals surface area contributed by atoms with Crippen LogP contribution in [0, 0.1) is 10.1 Å². The molecule has 29 heavy (non-hydrogen) atoms. The van der Waals surface area contributed by atoms with Crippen LogP contribution >= 0.6 is 0 Å². The van der Waals surface area contributed by atoms with Crippen LogP contribution in [0.1, 0.15) is 19.8 Å².